The summed E-state index contributed by atoms with van der Waals surface area (Å²) in [5, 5.41) is 10.7. The number of H-pyrrole nitrogens is 1. The Morgan fingerprint density at radius 2 is 1.83 bits per heavy atom. The first-order valence-corrected chi connectivity index (χ1v) is 8.91. The lowest BCUT2D eigenvalue weighted by molar-refractivity contribution is 0.954. The van der Waals surface area contributed by atoms with Crippen LogP contribution in [0.25, 0.3) is 11.3 Å². The number of nitrogens with zero attached hydrogens (tertiary/aromatic N) is 2. The topological polar surface area (TPSA) is 52.5 Å². The fraction of sp³-hybridized carbons (Fsp3) is 0.0556. The number of aromatic nitrogens is 2. The number of nitrogens with one attached hydrogen (secondary N) is 1. The second-order valence-electron chi connectivity index (χ2n) is 4.99. The molecule has 118 valence electrons. The number of rotatable bonds is 4. The highest BCUT2D eigenvalue weighted by Crippen LogP contribution is 2.27. The van der Waals surface area contributed by atoms with Crippen molar-refractivity contribution in [3.8, 4) is 17.3 Å². The molecule has 0 bridgehead atoms. The molecule has 3 aromatic rings. The molecule has 0 radical (unpaired) electrons. The lowest BCUT2D eigenvalue weighted by Gasteiger charge is -2.08. The van der Waals surface area contributed by atoms with Gasteiger partial charge in [-0.2, -0.15) is 5.26 Å². The summed E-state index contributed by atoms with van der Waals surface area (Å²) in [5.74, 6) is 0.769. The summed E-state index contributed by atoms with van der Waals surface area (Å²) in [6.45, 7) is 0. The van der Waals surface area contributed by atoms with Crippen molar-refractivity contribution in [2.45, 2.75) is 10.9 Å². The Morgan fingerprint density at radius 3 is 2.50 bits per heavy atom. The van der Waals surface area contributed by atoms with E-state index in [0.717, 1.165) is 11.3 Å². The van der Waals surface area contributed by atoms with E-state index in [2.05, 4.69) is 28.2 Å². The zero-order chi connectivity index (χ0) is 16.9. The monoisotopic (exact) mass is 369 g/mol. The van der Waals surface area contributed by atoms with Crippen molar-refractivity contribution in [2.24, 2.45) is 0 Å². The van der Waals surface area contributed by atoms with E-state index < -0.39 is 0 Å². The number of halogens is 1. The fourth-order valence-electron chi connectivity index (χ4n) is 2.18. The molecule has 0 spiro atoms. The van der Waals surface area contributed by atoms with Crippen molar-refractivity contribution < 1.29 is 0 Å². The molecular formula is C18H12ClN3S2. The lowest BCUT2D eigenvalue weighted by atomic mass is 10.1. The molecule has 0 aliphatic rings. The highest BCUT2D eigenvalue weighted by Gasteiger charge is 2.11. The number of benzene rings is 2. The van der Waals surface area contributed by atoms with Crippen molar-refractivity contribution in [1.29, 1.82) is 5.26 Å². The Hall–Kier alpha value is -2.13. The maximum absolute atomic E-state index is 9.40. The Morgan fingerprint density at radius 1 is 1.12 bits per heavy atom. The first kappa shape index (κ1) is 16.7. The first-order valence-electron chi connectivity index (χ1n) is 7.14. The molecule has 1 aromatic heterocycles. The van der Waals surface area contributed by atoms with Gasteiger partial charge in [-0.3, -0.25) is 0 Å². The fourth-order valence-corrected chi connectivity index (χ4v) is 3.43. The summed E-state index contributed by atoms with van der Waals surface area (Å²) in [5.41, 5.74) is 3.09. The van der Waals surface area contributed by atoms with Crippen LogP contribution in [0.4, 0.5) is 0 Å². The predicted molar refractivity (Wildman–Crippen MR) is 101 cm³/mol. The minimum absolute atomic E-state index is 0.303. The second-order valence-corrected chi connectivity index (χ2v) is 6.78. The molecule has 0 saturated carbocycles. The lowest BCUT2D eigenvalue weighted by Crippen LogP contribution is -1.97. The first-order chi connectivity index (χ1) is 11.7. The molecule has 0 aliphatic carbocycles. The Balaban J connectivity index is 1.96. The predicted octanol–water partition coefficient (Wildman–Crippen LogP) is 5.62. The van der Waals surface area contributed by atoms with Gasteiger partial charge in [0.15, 0.2) is 5.16 Å². The van der Waals surface area contributed by atoms with E-state index in [1.165, 1.54) is 5.56 Å². The molecular weight excluding hydrogens is 358 g/mol. The zero-order valence-corrected chi connectivity index (χ0v) is 14.9. The largest absolute Gasteiger partial charge is 0.333 e. The van der Waals surface area contributed by atoms with Gasteiger partial charge in [0.1, 0.15) is 16.3 Å². The van der Waals surface area contributed by atoms with Gasteiger partial charge < -0.3 is 4.98 Å². The van der Waals surface area contributed by atoms with Crippen molar-refractivity contribution in [2.75, 3.05) is 0 Å². The highest BCUT2D eigenvalue weighted by molar-refractivity contribution is 7.98. The summed E-state index contributed by atoms with van der Waals surface area (Å²) >= 11 is 12.8. The summed E-state index contributed by atoms with van der Waals surface area (Å²) < 4.78 is 0.303. The van der Waals surface area contributed by atoms with Gasteiger partial charge in [0.25, 0.3) is 0 Å². The van der Waals surface area contributed by atoms with Crippen LogP contribution in [0.3, 0.4) is 0 Å². The van der Waals surface area contributed by atoms with Crippen LogP contribution in [0.1, 0.15) is 11.1 Å². The molecule has 6 heteroatoms. The average Bonchev–Trinajstić information content (AvgIpc) is 2.61. The normalized spacial score (nSPS) is 10.3. The molecule has 0 fully saturated rings. The quantitative estimate of drug-likeness (QED) is 0.368. The molecule has 0 amide bonds. The summed E-state index contributed by atoms with van der Waals surface area (Å²) in [4.78, 5) is 7.57. The second kappa shape index (κ2) is 7.63. The number of thioether (sulfide) groups is 1. The van der Waals surface area contributed by atoms with E-state index in [1.807, 2.05) is 30.3 Å². The Bertz CT molecular complexity index is 945. The van der Waals surface area contributed by atoms with Gasteiger partial charge in [0, 0.05) is 10.8 Å². The number of hydrogen-bond acceptors (Lipinski definition) is 4. The van der Waals surface area contributed by atoms with E-state index in [-0.39, 0.29) is 0 Å². The van der Waals surface area contributed by atoms with Crippen LogP contribution < -0.4 is 0 Å². The van der Waals surface area contributed by atoms with Crippen LogP contribution in [0.2, 0.25) is 5.02 Å². The molecule has 0 unspecified atom stereocenters. The highest BCUT2D eigenvalue weighted by atomic mass is 35.5. The van der Waals surface area contributed by atoms with Crippen LogP contribution in [0, 0.1) is 16.0 Å². The van der Waals surface area contributed by atoms with E-state index in [0.29, 0.717) is 26.1 Å². The summed E-state index contributed by atoms with van der Waals surface area (Å²) in [6.07, 6.45) is 0. The minimum Gasteiger partial charge on any atom is -0.333 e. The van der Waals surface area contributed by atoms with E-state index >= 15 is 0 Å². The SMILES string of the molecule is N#Cc1c(-c2ccc(Cl)cc2)[nH]c(SCc2ccccc2)nc1=S. The maximum atomic E-state index is 9.40. The Labute approximate surface area is 154 Å². The Kier molecular flexibility index (Phi) is 5.31. The molecule has 3 rings (SSSR count). The molecule has 0 atom stereocenters. The number of aromatic amines is 1. The van der Waals surface area contributed by atoms with Crippen molar-refractivity contribution in [1.82, 2.24) is 9.97 Å². The van der Waals surface area contributed by atoms with E-state index in [9.17, 15) is 5.26 Å². The van der Waals surface area contributed by atoms with Gasteiger partial charge in [0.2, 0.25) is 0 Å². The number of nitriles is 1. The molecule has 3 nitrogen and oxygen atoms in total. The van der Waals surface area contributed by atoms with Crippen molar-refractivity contribution in [3.05, 3.63) is 75.4 Å². The average molecular weight is 370 g/mol. The third-order valence-corrected chi connectivity index (χ3v) is 4.85. The van der Waals surface area contributed by atoms with Crippen LogP contribution in [-0.4, -0.2) is 9.97 Å². The van der Waals surface area contributed by atoms with Crippen LogP contribution in [0.5, 0.6) is 0 Å². The minimum atomic E-state index is 0.303. The molecule has 1 N–H and O–H groups in total. The van der Waals surface area contributed by atoms with Crippen molar-refractivity contribution >= 4 is 35.6 Å². The zero-order valence-electron chi connectivity index (χ0n) is 12.5. The standard InChI is InChI=1S/C18H12ClN3S2/c19-14-8-6-13(7-9-14)16-15(10-20)17(23)22-18(21-16)24-11-12-4-2-1-3-5-12/h1-9H,11H2,(H,21,22,23). The van der Waals surface area contributed by atoms with Gasteiger partial charge in [0.05, 0.1) is 5.69 Å². The van der Waals surface area contributed by atoms with Crippen LogP contribution in [0.15, 0.2) is 59.8 Å². The van der Waals surface area contributed by atoms with Gasteiger partial charge in [-0.05, 0) is 23.3 Å². The molecule has 1 heterocycles. The molecule has 2 aromatic carbocycles. The third kappa shape index (κ3) is 3.85. The third-order valence-electron chi connectivity index (χ3n) is 3.36. The maximum Gasteiger partial charge on any atom is 0.167 e. The van der Waals surface area contributed by atoms with E-state index in [4.69, 9.17) is 23.8 Å². The number of hydrogen-bond donors (Lipinski definition) is 1. The van der Waals surface area contributed by atoms with Gasteiger partial charge >= 0.3 is 0 Å². The summed E-state index contributed by atoms with van der Waals surface area (Å²) in [6, 6.07) is 19.5. The van der Waals surface area contributed by atoms with E-state index in [1.54, 1.807) is 23.9 Å². The smallest absolute Gasteiger partial charge is 0.167 e. The van der Waals surface area contributed by atoms with Gasteiger partial charge in [-0.1, -0.05) is 78.0 Å². The molecule has 0 saturated heterocycles. The van der Waals surface area contributed by atoms with Crippen molar-refractivity contribution in [3.63, 3.8) is 0 Å². The molecule has 24 heavy (non-hydrogen) atoms. The van der Waals surface area contributed by atoms with Crippen LogP contribution in [-0.2, 0) is 5.75 Å². The summed E-state index contributed by atoms with van der Waals surface area (Å²) in [7, 11) is 0. The van der Waals surface area contributed by atoms with Gasteiger partial charge in [-0.15, -0.1) is 0 Å². The van der Waals surface area contributed by atoms with Gasteiger partial charge in [-0.25, -0.2) is 4.98 Å². The van der Waals surface area contributed by atoms with Crippen LogP contribution >= 0.6 is 35.6 Å². The molecule has 0 aliphatic heterocycles.